The number of nitrogens with two attached hydrogens (primary N) is 2. The zero-order valence-corrected chi connectivity index (χ0v) is 10.6. The number of Topliss-reactive ketones (excluding diaryl/α,β-unsaturated/α-hetero) is 1. The molecule has 4 atom stereocenters. The Morgan fingerprint density at radius 3 is 2.72 bits per heavy atom. The molecule has 4 heteroatoms. The van der Waals surface area contributed by atoms with Crippen molar-refractivity contribution in [2.45, 2.75) is 32.2 Å². The van der Waals surface area contributed by atoms with E-state index in [9.17, 15) is 4.79 Å². The van der Waals surface area contributed by atoms with Gasteiger partial charge in [-0.2, -0.15) is 0 Å². The minimum Gasteiger partial charge on any atom is -0.383 e. The Labute approximate surface area is 107 Å². The van der Waals surface area contributed by atoms with E-state index in [0.29, 0.717) is 23.2 Å². The fourth-order valence-corrected chi connectivity index (χ4v) is 3.79. The summed E-state index contributed by atoms with van der Waals surface area (Å²) in [4.78, 5) is 16.7. The summed E-state index contributed by atoms with van der Waals surface area (Å²) >= 11 is 0. The fraction of sp³-hybridized carbons (Fsp3) is 0.571. The summed E-state index contributed by atoms with van der Waals surface area (Å²) in [6.45, 7) is 1.91. The predicted molar refractivity (Wildman–Crippen MR) is 70.0 cm³/mol. The molecular weight excluding hydrogens is 226 g/mol. The molecule has 2 fully saturated rings. The Morgan fingerprint density at radius 1 is 1.39 bits per heavy atom. The number of nitrogen functional groups attached to an aromatic ring is 1. The third kappa shape index (κ3) is 1.56. The minimum atomic E-state index is -0.0473. The van der Waals surface area contributed by atoms with E-state index < -0.39 is 0 Å². The molecule has 4 N–H and O–H groups in total. The van der Waals surface area contributed by atoms with Crippen molar-refractivity contribution in [2.75, 3.05) is 5.73 Å². The second-order valence-corrected chi connectivity index (χ2v) is 5.69. The van der Waals surface area contributed by atoms with E-state index in [1.165, 1.54) is 6.42 Å². The van der Waals surface area contributed by atoms with Crippen LogP contribution < -0.4 is 11.5 Å². The van der Waals surface area contributed by atoms with E-state index in [0.717, 1.165) is 18.4 Å². The van der Waals surface area contributed by atoms with Crippen molar-refractivity contribution in [1.82, 2.24) is 4.98 Å². The quantitative estimate of drug-likeness (QED) is 0.774. The normalized spacial score (nSPS) is 33.9. The molecule has 0 amide bonds. The van der Waals surface area contributed by atoms with Gasteiger partial charge in [0.1, 0.15) is 5.82 Å². The Hall–Kier alpha value is -1.42. The van der Waals surface area contributed by atoms with Gasteiger partial charge in [-0.1, -0.05) is 0 Å². The molecule has 0 spiro atoms. The summed E-state index contributed by atoms with van der Waals surface area (Å²) in [5.74, 6) is 1.39. The number of carbonyl (C=O) groups is 1. The minimum absolute atomic E-state index is 0.00950. The molecule has 0 aliphatic heterocycles. The van der Waals surface area contributed by atoms with Gasteiger partial charge in [-0.25, -0.2) is 4.98 Å². The number of hydrogen-bond acceptors (Lipinski definition) is 4. The highest BCUT2D eigenvalue weighted by atomic mass is 16.1. The first kappa shape index (κ1) is 11.7. The van der Waals surface area contributed by atoms with Crippen LogP contribution in [0.15, 0.2) is 12.3 Å². The maximum Gasteiger partial charge on any atom is 0.171 e. The number of anilines is 1. The van der Waals surface area contributed by atoms with Gasteiger partial charge in [-0.05, 0) is 49.7 Å². The molecule has 96 valence electrons. The molecule has 18 heavy (non-hydrogen) atoms. The lowest BCUT2D eigenvalue weighted by Crippen LogP contribution is -2.40. The zero-order valence-electron chi connectivity index (χ0n) is 10.6. The van der Waals surface area contributed by atoms with Crippen molar-refractivity contribution in [3.8, 4) is 0 Å². The van der Waals surface area contributed by atoms with E-state index in [2.05, 4.69) is 4.98 Å². The zero-order chi connectivity index (χ0) is 12.9. The smallest absolute Gasteiger partial charge is 0.171 e. The molecule has 2 bridgehead atoms. The van der Waals surface area contributed by atoms with Crippen LogP contribution in [0.2, 0.25) is 0 Å². The van der Waals surface area contributed by atoms with Gasteiger partial charge in [0.15, 0.2) is 5.78 Å². The Balaban J connectivity index is 1.96. The maximum absolute atomic E-state index is 12.7. The largest absolute Gasteiger partial charge is 0.383 e. The van der Waals surface area contributed by atoms with Crippen LogP contribution in [0.1, 0.15) is 35.2 Å². The van der Waals surface area contributed by atoms with E-state index in [-0.39, 0.29) is 17.7 Å². The first-order valence-electron chi connectivity index (χ1n) is 6.60. The van der Waals surface area contributed by atoms with Crippen molar-refractivity contribution in [3.63, 3.8) is 0 Å². The van der Waals surface area contributed by atoms with Gasteiger partial charge >= 0.3 is 0 Å². The van der Waals surface area contributed by atoms with Gasteiger partial charge in [-0.3, -0.25) is 4.79 Å². The summed E-state index contributed by atoms with van der Waals surface area (Å²) in [6, 6.07) is 1.85. The lowest BCUT2D eigenvalue weighted by molar-refractivity contribution is 0.0856. The van der Waals surface area contributed by atoms with Crippen LogP contribution >= 0.6 is 0 Å². The molecule has 0 saturated heterocycles. The van der Waals surface area contributed by atoms with E-state index in [4.69, 9.17) is 11.5 Å². The molecule has 2 saturated carbocycles. The average Bonchev–Trinajstić information content (AvgIpc) is 2.88. The van der Waals surface area contributed by atoms with Gasteiger partial charge in [-0.15, -0.1) is 0 Å². The molecule has 0 radical (unpaired) electrons. The Morgan fingerprint density at radius 2 is 2.11 bits per heavy atom. The van der Waals surface area contributed by atoms with Crippen LogP contribution in [0.4, 0.5) is 5.82 Å². The van der Waals surface area contributed by atoms with Crippen LogP contribution in [-0.4, -0.2) is 16.8 Å². The summed E-state index contributed by atoms with van der Waals surface area (Å²) in [6.07, 6.45) is 5.06. The number of carbonyl (C=O) groups excluding carboxylic acids is 1. The molecular formula is C14H19N3O. The number of hydrogen-bond donors (Lipinski definition) is 2. The van der Waals surface area contributed by atoms with Crippen molar-refractivity contribution < 1.29 is 4.79 Å². The molecule has 4 unspecified atom stereocenters. The highest BCUT2D eigenvalue weighted by Crippen LogP contribution is 2.49. The fourth-order valence-electron chi connectivity index (χ4n) is 3.79. The van der Waals surface area contributed by atoms with Gasteiger partial charge in [0.2, 0.25) is 0 Å². The Bertz CT molecular complexity index is 478. The Kier molecular flexibility index (Phi) is 2.63. The summed E-state index contributed by atoms with van der Waals surface area (Å²) < 4.78 is 0. The summed E-state index contributed by atoms with van der Waals surface area (Å²) in [7, 11) is 0. The first-order chi connectivity index (χ1) is 8.59. The third-order valence-electron chi connectivity index (χ3n) is 4.72. The van der Waals surface area contributed by atoms with E-state index in [1.807, 2.05) is 13.0 Å². The predicted octanol–water partition coefficient (Wildman–Crippen LogP) is 1.53. The first-order valence-corrected chi connectivity index (χ1v) is 6.60. The number of rotatable bonds is 2. The number of pyridine rings is 1. The van der Waals surface area contributed by atoms with Gasteiger partial charge < -0.3 is 11.5 Å². The van der Waals surface area contributed by atoms with Gasteiger partial charge in [0, 0.05) is 18.2 Å². The number of aromatic nitrogens is 1. The SMILES string of the molecule is Cc1ccnc(N)c1C(=O)C1C2CCC(C2)C1N. The van der Waals surface area contributed by atoms with Crippen LogP contribution in [0, 0.1) is 24.7 Å². The molecule has 1 heterocycles. The highest BCUT2D eigenvalue weighted by Gasteiger charge is 2.49. The van der Waals surface area contributed by atoms with Gasteiger partial charge in [0.25, 0.3) is 0 Å². The average molecular weight is 245 g/mol. The topological polar surface area (TPSA) is 82.0 Å². The second kappa shape index (κ2) is 4.05. The molecule has 3 rings (SSSR count). The lowest BCUT2D eigenvalue weighted by atomic mass is 9.79. The lowest BCUT2D eigenvalue weighted by Gasteiger charge is -2.27. The van der Waals surface area contributed by atoms with Crippen LogP contribution in [0.3, 0.4) is 0 Å². The van der Waals surface area contributed by atoms with Crippen molar-refractivity contribution in [1.29, 1.82) is 0 Å². The highest BCUT2D eigenvalue weighted by molar-refractivity contribution is 6.03. The summed E-state index contributed by atoms with van der Waals surface area (Å²) in [5, 5.41) is 0. The standard InChI is InChI=1S/C14H19N3O/c1-7-4-5-17-14(16)10(7)13(18)11-8-2-3-9(6-8)12(11)15/h4-5,8-9,11-12H,2-3,6,15H2,1H3,(H2,16,17). The molecule has 2 aliphatic rings. The third-order valence-corrected chi connectivity index (χ3v) is 4.72. The summed E-state index contributed by atoms with van der Waals surface area (Å²) in [5.41, 5.74) is 13.6. The maximum atomic E-state index is 12.7. The van der Waals surface area contributed by atoms with Crippen molar-refractivity contribution in [3.05, 3.63) is 23.4 Å². The van der Waals surface area contributed by atoms with E-state index in [1.54, 1.807) is 6.20 Å². The monoisotopic (exact) mass is 245 g/mol. The van der Waals surface area contributed by atoms with Crippen molar-refractivity contribution in [2.24, 2.45) is 23.5 Å². The molecule has 2 aliphatic carbocycles. The molecule has 1 aromatic rings. The molecule has 1 aromatic heterocycles. The number of ketones is 1. The number of aryl methyl sites for hydroxylation is 1. The second-order valence-electron chi connectivity index (χ2n) is 5.69. The number of fused-ring (bicyclic) bond motifs is 2. The van der Waals surface area contributed by atoms with Gasteiger partial charge in [0.05, 0.1) is 5.56 Å². The van der Waals surface area contributed by atoms with E-state index >= 15 is 0 Å². The number of nitrogens with zero attached hydrogens (tertiary/aromatic N) is 1. The van der Waals surface area contributed by atoms with Crippen LogP contribution in [0.25, 0.3) is 0 Å². The molecule has 0 aromatic carbocycles. The van der Waals surface area contributed by atoms with Crippen LogP contribution in [-0.2, 0) is 0 Å². The van der Waals surface area contributed by atoms with Crippen molar-refractivity contribution >= 4 is 11.6 Å². The molecule has 4 nitrogen and oxygen atoms in total. The van der Waals surface area contributed by atoms with Crippen LogP contribution in [0.5, 0.6) is 0 Å².